The van der Waals surface area contributed by atoms with Crippen molar-refractivity contribution < 1.29 is 18.4 Å². The van der Waals surface area contributed by atoms with Crippen LogP contribution in [-0.4, -0.2) is 16.2 Å². The summed E-state index contributed by atoms with van der Waals surface area (Å²) in [4.78, 5) is 7.31. The molecule has 0 aliphatic heterocycles. The lowest BCUT2D eigenvalue weighted by molar-refractivity contribution is 0.127. The minimum Gasteiger partial charge on any atom is -0.389 e. The molecule has 0 heterocycles. The van der Waals surface area contributed by atoms with Crippen LogP contribution in [0.15, 0.2) is 0 Å². The van der Waals surface area contributed by atoms with Crippen LogP contribution in [0.2, 0.25) is 0 Å². The summed E-state index contributed by atoms with van der Waals surface area (Å²) in [6.07, 6.45) is -2.13. The maximum absolute atomic E-state index is 11.9. The molecule has 0 spiro atoms. The van der Waals surface area contributed by atoms with E-state index in [9.17, 15) is 8.96 Å². The molecule has 0 aromatic heterocycles. The van der Waals surface area contributed by atoms with E-state index in [1.54, 1.807) is 0 Å². The molecule has 9 heavy (non-hydrogen) atoms. The summed E-state index contributed by atoms with van der Waals surface area (Å²) in [5, 5.41) is 0. The van der Waals surface area contributed by atoms with Crippen molar-refractivity contribution in [3.8, 4) is 0 Å². The zero-order valence-corrected chi connectivity index (χ0v) is 5.86. The number of halogens is 1. The molecule has 0 saturated carbocycles. The van der Waals surface area contributed by atoms with Gasteiger partial charge in [0.25, 0.3) is 0 Å². The molecule has 7 heteroatoms. The molecule has 0 aromatic carbocycles. The third-order valence-electron chi connectivity index (χ3n) is 0.406. The summed E-state index contributed by atoms with van der Waals surface area (Å²) in [5.74, 6) is 0. The van der Waals surface area contributed by atoms with E-state index >= 15 is 0 Å². The molecule has 2 atom stereocenters. The van der Waals surface area contributed by atoms with E-state index in [-0.39, 0.29) is 0 Å². The first kappa shape index (κ1) is 8.84. The van der Waals surface area contributed by atoms with Crippen LogP contribution in [0.5, 0.6) is 0 Å². The lowest BCUT2D eigenvalue weighted by Gasteiger charge is -1.92. The molecule has 0 aromatic rings. The summed E-state index contributed by atoms with van der Waals surface area (Å²) in [7, 11) is -2.96. The Hall–Kier alpha value is -0.160. The number of alkyl halides is 1. The summed E-state index contributed by atoms with van der Waals surface area (Å²) < 4.78 is 25.3. The third kappa shape index (κ3) is 4.35. The van der Waals surface area contributed by atoms with Crippen LogP contribution in [0.1, 0.15) is 0 Å². The second-order valence-corrected chi connectivity index (χ2v) is 2.22. The number of thiocarbonyl (C=S) groups is 1. The minimum absolute atomic E-state index is 0.590. The fourth-order valence-electron chi connectivity index (χ4n) is 0.131. The van der Waals surface area contributed by atoms with Gasteiger partial charge in [-0.15, -0.1) is 4.89 Å². The zero-order chi connectivity index (χ0) is 7.44. The van der Waals surface area contributed by atoms with Gasteiger partial charge in [-0.3, -0.25) is 0 Å². The smallest absolute Gasteiger partial charge is 0.389 e. The Kier molecular flexibility index (Phi) is 3.72. The Bertz CT molecular complexity index is 142. The maximum Gasteiger partial charge on any atom is 0.698 e. The van der Waals surface area contributed by atoms with Gasteiger partial charge in [0.05, 0.1) is 0 Å². The largest absolute Gasteiger partial charge is 0.698 e. The van der Waals surface area contributed by atoms with E-state index in [1.165, 1.54) is 0 Å². The normalized spacial score (nSPS) is 14.7. The number of rotatable bonds is 3. The number of nitrogens with two attached hydrogens (primary N) is 1. The highest BCUT2D eigenvalue weighted by molar-refractivity contribution is 7.80. The second kappa shape index (κ2) is 3.79. The molecule has 0 bridgehead atoms. The summed E-state index contributed by atoms with van der Waals surface area (Å²) >= 11 is 4.07. The van der Waals surface area contributed by atoms with Crippen LogP contribution in [-0.2, 0) is 9.09 Å². The molecule has 2 unspecified atom stereocenters. The van der Waals surface area contributed by atoms with Gasteiger partial charge in [0.1, 0.15) is 4.99 Å². The Morgan fingerprint density at radius 2 is 2.44 bits per heavy atom. The lowest BCUT2D eigenvalue weighted by atomic mass is 10.7. The highest BCUT2D eigenvalue weighted by atomic mass is 32.1. The van der Waals surface area contributed by atoms with Gasteiger partial charge in [-0.25, -0.2) is 4.39 Å². The van der Waals surface area contributed by atoms with Crippen LogP contribution < -0.4 is 5.73 Å². The van der Waals surface area contributed by atoms with Gasteiger partial charge < -0.3 is 5.73 Å². The van der Waals surface area contributed by atoms with Gasteiger partial charge in [0, 0.05) is 4.57 Å². The fourth-order valence-corrected chi connectivity index (χ4v) is 0.522. The highest BCUT2D eigenvalue weighted by Gasteiger charge is 2.24. The average molecular weight is 172 g/mol. The van der Waals surface area contributed by atoms with Gasteiger partial charge in [-0.2, -0.15) is 0 Å². The molecule has 0 amide bonds. The quantitative estimate of drug-likeness (QED) is 0.471. The van der Waals surface area contributed by atoms with Gasteiger partial charge in [-0.05, 0) is 0 Å². The first-order chi connectivity index (χ1) is 4.04. The summed E-state index contributed by atoms with van der Waals surface area (Å²) in [6, 6.07) is 0. The number of hydrogen-bond acceptors (Lipinski definition) is 3. The molecule has 0 aliphatic carbocycles. The second-order valence-electron chi connectivity index (χ2n) is 1.06. The summed E-state index contributed by atoms with van der Waals surface area (Å²) in [5.41, 5.74) is 4.68. The lowest BCUT2D eigenvalue weighted by Crippen LogP contribution is -2.22. The monoisotopic (exact) mass is 172 g/mol. The zero-order valence-electron chi connectivity index (χ0n) is 4.15. The van der Waals surface area contributed by atoms with E-state index in [1.807, 2.05) is 0 Å². The van der Waals surface area contributed by atoms with E-state index in [4.69, 9.17) is 4.89 Å². The molecular formula is C2H4FNO3PS+. The molecule has 0 rings (SSSR count). The van der Waals surface area contributed by atoms with Crippen LogP contribution in [0.4, 0.5) is 4.39 Å². The molecular weight excluding hydrogens is 168 g/mol. The standard InChI is InChI=1S/C2H3FNO3PS/c3-1(2(4)9)7-8(5)6/h1H,(H2-,4,5,6,9)/p+1. The first-order valence-corrected chi connectivity index (χ1v) is 3.34. The van der Waals surface area contributed by atoms with Crippen molar-refractivity contribution in [2.24, 2.45) is 5.73 Å². The fraction of sp³-hybridized carbons (Fsp3) is 0.500. The molecule has 0 fully saturated rings. The Morgan fingerprint density at radius 3 is 2.56 bits per heavy atom. The van der Waals surface area contributed by atoms with Crippen molar-refractivity contribution in [2.45, 2.75) is 6.36 Å². The molecule has 4 nitrogen and oxygen atoms in total. The predicted molar refractivity (Wildman–Crippen MR) is 32.6 cm³/mol. The first-order valence-electron chi connectivity index (χ1n) is 1.80. The Balaban J connectivity index is 3.63. The maximum atomic E-state index is 11.9. The molecule has 0 saturated heterocycles. The van der Waals surface area contributed by atoms with Crippen molar-refractivity contribution in [3.63, 3.8) is 0 Å². The summed E-state index contributed by atoms with van der Waals surface area (Å²) in [6.45, 7) is 0. The van der Waals surface area contributed by atoms with E-state index < -0.39 is 19.6 Å². The van der Waals surface area contributed by atoms with E-state index in [2.05, 4.69) is 22.5 Å². The Morgan fingerprint density at radius 1 is 2.00 bits per heavy atom. The molecule has 3 N–H and O–H groups in total. The molecule has 0 aliphatic rings. The van der Waals surface area contributed by atoms with Crippen molar-refractivity contribution >= 4 is 25.5 Å². The molecule has 0 radical (unpaired) electrons. The van der Waals surface area contributed by atoms with Crippen LogP contribution >= 0.6 is 20.5 Å². The topological polar surface area (TPSA) is 72.5 Å². The number of hydrogen-bond donors (Lipinski definition) is 2. The van der Waals surface area contributed by atoms with Crippen LogP contribution in [0, 0.1) is 0 Å². The minimum atomic E-state index is -2.96. The van der Waals surface area contributed by atoms with Gasteiger partial charge >= 0.3 is 14.6 Å². The Labute approximate surface area is 56.8 Å². The molecule has 52 valence electrons. The van der Waals surface area contributed by atoms with Crippen molar-refractivity contribution in [3.05, 3.63) is 0 Å². The van der Waals surface area contributed by atoms with Crippen LogP contribution in [0.3, 0.4) is 0 Å². The van der Waals surface area contributed by atoms with Gasteiger partial charge in [0.15, 0.2) is 0 Å². The van der Waals surface area contributed by atoms with Crippen molar-refractivity contribution in [1.82, 2.24) is 0 Å². The SMILES string of the molecule is NC(=S)C(F)O[P+](=O)O. The highest BCUT2D eigenvalue weighted by Crippen LogP contribution is 2.18. The van der Waals surface area contributed by atoms with E-state index in [0.717, 1.165) is 0 Å². The average Bonchev–Trinajstić information content (AvgIpc) is 1.63. The van der Waals surface area contributed by atoms with Gasteiger partial charge in [0.2, 0.25) is 0 Å². The van der Waals surface area contributed by atoms with Gasteiger partial charge in [-0.1, -0.05) is 16.7 Å². The van der Waals surface area contributed by atoms with E-state index in [0.29, 0.717) is 0 Å². The third-order valence-corrected chi connectivity index (χ3v) is 0.957. The van der Waals surface area contributed by atoms with Crippen LogP contribution in [0.25, 0.3) is 0 Å². The van der Waals surface area contributed by atoms with Crippen molar-refractivity contribution in [2.75, 3.05) is 0 Å². The predicted octanol–water partition coefficient (Wildman–Crippen LogP) is 0.234. The van der Waals surface area contributed by atoms with Crippen molar-refractivity contribution in [1.29, 1.82) is 0 Å².